The molecule has 0 fully saturated rings. The fraction of sp³-hybridized carbons (Fsp3) is 0.118. The van der Waals surface area contributed by atoms with Crippen LogP contribution in [0.3, 0.4) is 0 Å². The van der Waals surface area contributed by atoms with E-state index in [1.165, 1.54) is 0 Å². The number of carbonyl (C=O) groups excluding carboxylic acids is 1. The number of rotatable bonds is 5. The summed E-state index contributed by atoms with van der Waals surface area (Å²) in [6, 6.07) is 14.3. The van der Waals surface area contributed by atoms with Crippen molar-refractivity contribution in [3.63, 3.8) is 0 Å². The van der Waals surface area contributed by atoms with E-state index in [9.17, 15) is 4.79 Å². The van der Waals surface area contributed by atoms with Gasteiger partial charge < -0.3 is 9.47 Å². The van der Waals surface area contributed by atoms with Crippen LogP contribution in [-0.2, 0) is 0 Å². The number of hydrogen-bond donors (Lipinski definition) is 0. The maximum atomic E-state index is 12.2. The molecule has 3 heteroatoms. The van der Waals surface area contributed by atoms with Gasteiger partial charge in [-0.1, -0.05) is 36.9 Å². The number of ether oxygens (including phenoxy) is 2. The lowest BCUT2D eigenvalue weighted by Crippen LogP contribution is -2.11. The number of esters is 1. The minimum Gasteiger partial charge on any atom is -0.489 e. The summed E-state index contributed by atoms with van der Waals surface area (Å²) in [5.74, 6) is 0.578. The van der Waals surface area contributed by atoms with Gasteiger partial charge in [-0.05, 0) is 36.8 Å². The molecule has 0 radical (unpaired) electrons. The molecule has 0 atom stereocenters. The molecule has 0 aliphatic carbocycles. The van der Waals surface area contributed by atoms with Gasteiger partial charge in [-0.15, -0.1) is 0 Å². The molecule has 20 heavy (non-hydrogen) atoms. The van der Waals surface area contributed by atoms with Gasteiger partial charge in [0.2, 0.25) is 0 Å². The molecule has 0 amide bonds. The lowest BCUT2D eigenvalue weighted by molar-refractivity contribution is 0.0730. The summed E-state index contributed by atoms with van der Waals surface area (Å²) in [5.41, 5.74) is 1.43. The molecule has 0 N–H and O–H groups in total. The topological polar surface area (TPSA) is 35.5 Å². The first-order valence-electron chi connectivity index (χ1n) is 6.32. The predicted octanol–water partition coefficient (Wildman–Crippen LogP) is 3.78. The van der Waals surface area contributed by atoms with Gasteiger partial charge in [0.05, 0.1) is 0 Å². The van der Waals surface area contributed by atoms with Gasteiger partial charge in [0.25, 0.3) is 0 Å². The SMILES string of the molecule is C=CCOc1ccccc1C(=O)Oc1cccc(C)c1. The quantitative estimate of drug-likeness (QED) is 0.470. The van der Waals surface area contributed by atoms with Crippen molar-refractivity contribution in [1.29, 1.82) is 0 Å². The predicted molar refractivity (Wildman–Crippen MR) is 78.3 cm³/mol. The van der Waals surface area contributed by atoms with Crippen molar-refractivity contribution in [2.45, 2.75) is 6.92 Å². The van der Waals surface area contributed by atoms with Gasteiger partial charge >= 0.3 is 5.97 Å². The van der Waals surface area contributed by atoms with Gasteiger partial charge in [-0.3, -0.25) is 0 Å². The summed E-state index contributed by atoms with van der Waals surface area (Å²) in [5, 5.41) is 0. The Balaban J connectivity index is 2.18. The number of benzene rings is 2. The molecule has 0 heterocycles. The molecule has 0 spiro atoms. The van der Waals surface area contributed by atoms with E-state index in [0.717, 1.165) is 5.56 Å². The van der Waals surface area contributed by atoms with Crippen LogP contribution >= 0.6 is 0 Å². The van der Waals surface area contributed by atoms with Crippen LogP contribution in [-0.4, -0.2) is 12.6 Å². The monoisotopic (exact) mass is 268 g/mol. The lowest BCUT2D eigenvalue weighted by atomic mass is 10.2. The molecule has 0 saturated heterocycles. The fourth-order valence-electron chi connectivity index (χ4n) is 1.75. The van der Waals surface area contributed by atoms with Crippen LogP contribution < -0.4 is 9.47 Å². The second-order valence-electron chi connectivity index (χ2n) is 4.30. The second kappa shape index (κ2) is 6.57. The van der Waals surface area contributed by atoms with Crippen molar-refractivity contribution in [2.24, 2.45) is 0 Å². The molecule has 0 aliphatic heterocycles. The minimum absolute atomic E-state index is 0.342. The van der Waals surface area contributed by atoms with Gasteiger partial charge in [0.1, 0.15) is 23.7 Å². The fourth-order valence-corrected chi connectivity index (χ4v) is 1.75. The van der Waals surface area contributed by atoms with Crippen LogP contribution in [0.15, 0.2) is 61.2 Å². The summed E-state index contributed by atoms with van der Waals surface area (Å²) < 4.78 is 10.8. The Hall–Kier alpha value is -2.55. The Morgan fingerprint density at radius 2 is 2.00 bits per heavy atom. The molecular weight excluding hydrogens is 252 g/mol. The van der Waals surface area contributed by atoms with Crippen molar-refractivity contribution in [3.8, 4) is 11.5 Å². The van der Waals surface area contributed by atoms with Crippen molar-refractivity contribution in [1.82, 2.24) is 0 Å². The first kappa shape index (κ1) is 13.9. The van der Waals surface area contributed by atoms with Crippen LogP contribution in [0.1, 0.15) is 15.9 Å². The van der Waals surface area contributed by atoms with E-state index in [0.29, 0.717) is 23.7 Å². The summed E-state index contributed by atoms with van der Waals surface area (Å²) >= 11 is 0. The normalized spacial score (nSPS) is 9.85. The third kappa shape index (κ3) is 3.48. The standard InChI is InChI=1S/C17H16O3/c1-3-11-19-16-10-5-4-9-15(16)17(18)20-14-8-6-7-13(2)12-14/h3-10,12H,1,11H2,2H3. The highest BCUT2D eigenvalue weighted by molar-refractivity contribution is 5.94. The van der Waals surface area contributed by atoms with Gasteiger partial charge in [-0.2, -0.15) is 0 Å². The lowest BCUT2D eigenvalue weighted by Gasteiger charge is -2.10. The third-order valence-electron chi connectivity index (χ3n) is 2.66. The van der Waals surface area contributed by atoms with Gasteiger partial charge in [-0.25, -0.2) is 4.79 Å². The number of para-hydroxylation sites is 1. The maximum absolute atomic E-state index is 12.2. The van der Waals surface area contributed by atoms with E-state index in [2.05, 4.69) is 6.58 Å². The molecule has 2 aromatic carbocycles. The zero-order valence-electron chi connectivity index (χ0n) is 11.3. The summed E-state index contributed by atoms with van der Waals surface area (Å²) in [7, 11) is 0. The van der Waals surface area contributed by atoms with Crippen LogP contribution in [0.4, 0.5) is 0 Å². The van der Waals surface area contributed by atoms with Gasteiger partial charge in [0.15, 0.2) is 0 Å². The highest BCUT2D eigenvalue weighted by Crippen LogP contribution is 2.21. The molecule has 2 aromatic rings. The summed E-state index contributed by atoms with van der Waals surface area (Å²) in [4.78, 5) is 12.2. The Morgan fingerprint density at radius 3 is 2.75 bits per heavy atom. The average Bonchev–Trinajstić information content (AvgIpc) is 2.45. The molecule has 3 nitrogen and oxygen atoms in total. The Bertz CT molecular complexity index is 617. The van der Waals surface area contributed by atoms with E-state index in [1.54, 1.807) is 30.3 Å². The Labute approximate surface area is 118 Å². The zero-order chi connectivity index (χ0) is 14.4. The van der Waals surface area contributed by atoms with Crippen molar-refractivity contribution in [2.75, 3.05) is 6.61 Å². The van der Waals surface area contributed by atoms with Gasteiger partial charge in [0, 0.05) is 0 Å². The number of hydrogen-bond acceptors (Lipinski definition) is 3. The summed E-state index contributed by atoms with van der Waals surface area (Å²) in [6.07, 6.45) is 1.63. The summed E-state index contributed by atoms with van der Waals surface area (Å²) in [6.45, 7) is 5.87. The second-order valence-corrected chi connectivity index (χ2v) is 4.30. The van der Waals surface area contributed by atoms with Crippen LogP contribution in [0.2, 0.25) is 0 Å². The molecule has 0 unspecified atom stereocenters. The number of carbonyl (C=O) groups is 1. The highest BCUT2D eigenvalue weighted by atomic mass is 16.5. The molecule has 2 rings (SSSR count). The Kier molecular flexibility index (Phi) is 4.56. The minimum atomic E-state index is -0.435. The third-order valence-corrected chi connectivity index (χ3v) is 2.66. The van der Waals surface area contributed by atoms with Crippen LogP contribution in [0.5, 0.6) is 11.5 Å². The van der Waals surface area contributed by atoms with E-state index in [-0.39, 0.29) is 0 Å². The highest BCUT2D eigenvalue weighted by Gasteiger charge is 2.14. The van der Waals surface area contributed by atoms with Crippen molar-refractivity contribution >= 4 is 5.97 Å². The van der Waals surface area contributed by atoms with E-state index in [1.807, 2.05) is 31.2 Å². The van der Waals surface area contributed by atoms with Crippen molar-refractivity contribution < 1.29 is 14.3 Å². The molecule has 0 aromatic heterocycles. The van der Waals surface area contributed by atoms with E-state index < -0.39 is 5.97 Å². The Morgan fingerprint density at radius 1 is 1.20 bits per heavy atom. The van der Waals surface area contributed by atoms with E-state index in [4.69, 9.17) is 9.47 Å². The van der Waals surface area contributed by atoms with Crippen molar-refractivity contribution in [3.05, 3.63) is 72.3 Å². The molecular formula is C17H16O3. The largest absolute Gasteiger partial charge is 0.489 e. The number of aryl methyl sites for hydroxylation is 1. The molecule has 0 bridgehead atoms. The van der Waals surface area contributed by atoms with E-state index >= 15 is 0 Å². The average molecular weight is 268 g/mol. The van der Waals surface area contributed by atoms with Crippen LogP contribution in [0.25, 0.3) is 0 Å². The first-order chi connectivity index (χ1) is 9.70. The smallest absolute Gasteiger partial charge is 0.347 e. The van der Waals surface area contributed by atoms with Crippen LogP contribution in [0, 0.1) is 6.92 Å². The first-order valence-corrected chi connectivity index (χ1v) is 6.32. The maximum Gasteiger partial charge on any atom is 0.347 e. The molecule has 0 saturated carbocycles. The molecule has 0 aliphatic rings. The zero-order valence-corrected chi connectivity index (χ0v) is 11.3. The molecule has 102 valence electrons.